The number of carbonyl (C=O) groups is 2. The average Bonchev–Trinajstić information content (AvgIpc) is 3.37. The topological polar surface area (TPSA) is 95.9 Å². The van der Waals surface area contributed by atoms with Crippen LogP contribution in [0.4, 0.5) is 0 Å². The fourth-order valence-corrected chi connectivity index (χ4v) is 4.86. The summed E-state index contributed by atoms with van der Waals surface area (Å²) >= 11 is 0. The summed E-state index contributed by atoms with van der Waals surface area (Å²) in [6, 6.07) is 13.7. The van der Waals surface area contributed by atoms with Gasteiger partial charge in [-0.3, -0.25) is 9.59 Å². The number of nitrogens with one attached hydrogen (secondary N) is 2. The van der Waals surface area contributed by atoms with E-state index in [4.69, 9.17) is 0 Å². The Labute approximate surface area is 198 Å². The van der Waals surface area contributed by atoms with Crippen molar-refractivity contribution in [2.75, 3.05) is 19.6 Å². The van der Waals surface area contributed by atoms with Gasteiger partial charge in [-0.05, 0) is 56.0 Å². The van der Waals surface area contributed by atoms with Crippen LogP contribution in [-0.4, -0.2) is 55.9 Å². The predicted molar refractivity (Wildman–Crippen MR) is 132 cm³/mol. The molecule has 2 N–H and O–H groups in total. The minimum absolute atomic E-state index is 0.0412. The molecule has 5 rings (SSSR count). The zero-order valence-electron chi connectivity index (χ0n) is 19.7. The van der Waals surface area contributed by atoms with Crippen LogP contribution in [0.5, 0.6) is 0 Å². The third kappa shape index (κ3) is 4.53. The summed E-state index contributed by atoms with van der Waals surface area (Å²) in [7, 11) is 2.01. The number of hydrogen-bond acceptors (Lipinski definition) is 4. The normalized spacial score (nSPS) is 14.7. The van der Waals surface area contributed by atoms with Gasteiger partial charge in [-0.2, -0.15) is 0 Å². The van der Waals surface area contributed by atoms with E-state index in [1.165, 1.54) is 0 Å². The van der Waals surface area contributed by atoms with Crippen molar-refractivity contribution < 1.29 is 9.59 Å². The van der Waals surface area contributed by atoms with Crippen LogP contribution in [-0.2, 0) is 18.3 Å². The highest BCUT2D eigenvalue weighted by Gasteiger charge is 2.25. The van der Waals surface area contributed by atoms with Gasteiger partial charge in [0.2, 0.25) is 5.91 Å². The number of benzene rings is 2. The number of aromatic nitrogens is 4. The van der Waals surface area contributed by atoms with E-state index in [1.54, 1.807) is 0 Å². The first-order valence-corrected chi connectivity index (χ1v) is 11.9. The van der Waals surface area contributed by atoms with Crippen LogP contribution in [0.15, 0.2) is 42.5 Å². The fraction of sp³-hybridized carbons (Fsp3) is 0.385. The summed E-state index contributed by atoms with van der Waals surface area (Å²) in [6.45, 7) is 3.83. The Bertz CT molecular complexity index is 1350. The van der Waals surface area contributed by atoms with E-state index < -0.39 is 0 Å². The van der Waals surface area contributed by atoms with Crippen molar-refractivity contribution in [3.8, 4) is 0 Å². The number of fused-ring (bicyclic) bond motifs is 2. The van der Waals surface area contributed by atoms with Crippen LogP contribution in [0.25, 0.3) is 22.1 Å². The van der Waals surface area contributed by atoms with Crippen LogP contribution < -0.4 is 5.32 Å². The van der Waals surface area contributed by atoms with Crippen LogP contribution in [0.3, 0.4) is 0 Å². The fourth-order valence-electron chi connectivity index (χ4n) is 4.86. The summed E-state index contributed by atoms with van der Waals surface area (Å²) in [5.74, 6) is 2.23. The Morgan fingerprint density at radius 2 is 1.88 bits per heavy atom. The first-order chi connectivity index (χ1) is 16.5. The molecule has 1 saturated heterocycles. The number of hydrogen-bond donors (Lipinski definition) is 2. The summed E-state index contributed by atoms with van der Waals surface area (Å²) in [5, 5.41) is 3.05. The molecule has 0 atom stereocenters. The summed E-state index contributed by atoms with van der Waals surface area (Å²) in [5.41, 5.74) is 4.51. The van der Waals surface area contributed by atoms with Crippen LogP contribution in [0, 0.1) is 12.8 Å². The van der Waals surface area contributed by atoms with Gasteiger partial charge in [0.25, 0.3) is 5.91 Å². The molecule has 8 nitrogen and oxygen atoms in total. The van der Waals surface area contributed by atoms with Crippen molar-refractivity contribution >= 4 is 33.9 Å². The van der Waals surface area contributed by atoms with Gasteiger partial charge < -0.3 is 19.8 Å². The van der Waals surface area contributed by atoms with Gasteiger partial charge in [0.15, 0.2) is 0 Å². The number of amides is 2. The summed E-state index contributed by atoms with van der Waals surface area (Å²) in [4.78, 5) is 39.6. The van der Waals surface area contributed by atoms with Gasteiger partial charge in [0.1, 0.15) is 11.6 Å². The van der Waals surface area contributed by atoms with Crippen molar-refractivity contribution in [1.82, 2.24) is 29.7 Å². The molecule has 34 heavy (non-hydrogen) atoms. The lowest BCUT2D eigenvalue weighted by Gasteiger charge is -2.31. The number of H-pyrrole nitrogens is 1. The SMILES string of the molecule is Cc1nc2ccc(C(=O)N3CCC(CC(=O)NCCc4nc5ccccc5n4C)CC3)cc2[nH]1. The molecular formula is C26H30N6O2. The number of carbonyl (C=O) groups excluding carboxylic acids is 2. The van der Waals surface area contributed by atoms with E-state index in [1.807, 2.05) is 55.3 Å². The van der Waals surface area contributed by atoms with Crippen LogP contribution in [0.1, 0.15) is 41.3 Å². The van der Waals surface area contributed by atoms with E-state index in [0.29, 0.717) is 44.0 Å². The summed E-state index contributed by atoms with van der Waals surface area (Å²) < 4.78 is 2.08. The van der Waals surface area contributed by atoms with E-state index in [-0.39, 0.29) is 11.8 Å². The maximum atomic E-state index is 13.0. The first kappa shape index (κ1) is 22.1. The molecule has 8 heteroatoms. The van der Waals surface area contributed by atoms with Crippen molar-refractivity contribution in [2.45, 2.75) is 32.6 Å². The van der Waals surface area contributed by atoms with Gasteiger partial charge in [-0.25, -0.2) is 9.97 Å². The van der Waals surface area contributed by atoms with Gasteiger partial charge in [-0.1, -0.05) is 12.1 Å². The third-order valence-corrected chi connectivity index (χ3v) is 6.77. The molecule has 1 aliphatic heterocycles. The Hall–Kier alpha value is -3.68. The highest BCUT2D eigenvalue weighted by atomic mass is 16.2. The number of aromatic amines is 1. The molecule has 1 fully saturated rings. The van der Waals surface area contributed by atoms with Crippen molar-refractivity contribution in [3.63, 3.8) is 0 Å². The molecule has 1 aliphatic rings. The number of imidazole rings is 2. The summed E-state index contributed by atoms with van der Waals surface area (Å²) in [6.07, 6.45) is 2.89. The highest BCUT2D eigenvalue weighted by molar-refractivity contribution is 5.97. The lowest BCUT2D eigenvalue weighted by atomic mass is 9.93. The minimum atomic E-state index is 0.0412. The smallest absolute Gasteiger partial charge is 0.253 e. The molecule has 176 valence electrons. The number of likely N-dealkylation sites (tertiary alicyclic amines) is 1. The first-order valence-electron chi connectivity index (χ1n) is 11.9. The molecule has 0 bridgehead atoms. The third-order valence-electron chi connectivity index (χ3n) is 6.77. The van der Waals surface area contributed by atoms with E-state index in [0.717, 1.165) is 46.6 Å². The van der Waals surface area contributed by atoms with E-state index in [9.17, 15) is 9.59 Å². The van der Waals surface area contributed by atoms with Gasteiger partial charge in [0, 0.05) is 45.1 Å². The molecule has 0 unspecified atom stereocenters. The monoisotopic (exact) mass is 458 g/mol. The molecule has 0 saturated carbocycles. The Balaban J connectivity index is 1.08. The number of para-hydroxylation sites is 2. The van der Waals surface area contributed by atoms with Gasteiger partial charge in [-0.15, -0.1) is 0 Å². The van der Waals surface area contributed by atoms with E-state index >= 15 is 0 Å². The molecule has 3 heterocycles. The molecule has 0 spiro atoms. The second-order valence-electron chi connectivity index (χ2n) is 9.17. The van der Waals surface area contributed by atoms with Crippen LogP contribution >= 0.6 is 0 Å². The van der Waals surface area contributed by atoms with Crippen molar-refractivity contribution in [1.29, 1.82) is 0 Å². The molecular weight excluding hydrogens is 428 g/mol. The number of piperidine rings is 1. The second-order valence-corrected chi connectivity index (χ2v) is 9.17. The lowest BCUT2D eigenvalue weighted by molar-refractivity contribution is -0.122. The molecule has 0 aliphatic carbocycles. The maximum absolute atomic E-state index is 13.0. The van der Waals surface area contributed by atoms with Crippen LogP contribution in [0.2, 0.25) is 0 Å². The quantitative estimate of drug-likeness (QED) is 0.463. The molecule has 4 aromatic rings. The second kappa shape index (κ2) is 9.29. The number of rotatable bonds is 6. The van der Waals surface area contributed by atoms with Crippen molar-refractivity contribution in [2.24, 2.45) is 13.0 Å². The highest BCUT2D eigenvalue weighted by Crippen LogP contribution is 2.23. The zero-order chi connectivity index (χ0) is 23.7. The molecule has 0 radical (unpaired) electrons. The molecule has 2 amide bonds. The zero-order valence-corrected chi connectivity index (χ0v) is 19.7. The predicted octanol–water partition coefficient (Wildman–Crippen LogP) is 3.36. The van der Waals surface area contributed by atoms with E-state index in [2.05, 4.69) is 30.9 Å². The standard InChI is InChI=1S/C26H30N6O2/c1-17-28-20-8-7-19(16-22(20)29-17)26(34)32-13-10-18(11-14-32)15-25(33)27-12-9-24-30-21-5-3-4-6-23(21)31(24)2/h3-8,16,18H,9-15H2,1-2H3,(H,27,33)(H,28,29). The van der Waals surface area contributed by atoms with Gasteiger partial charge >= 0.3 is 0 Å². The number of nitrogens with zero attached hydrogens (tertiary/aromatic N) is 4. The minimum Gasteiger partial charge on any atom is -0.356 e. The maximum Gasteiger partial charge on any atom is 0.253 e. The largest absolute Gasteiger partial charge is 0.356 e. The Kier molecular flexibility index (Phi) is 6.04. The lowest BCUT2D eigenvalue weighted by Crippen LogP contribution is -2.39. The van der Waals surface area contributed by atoms with Gasteiger partial charge in [0.05, 0.1) is 22.1 Å². The Morgan fingerprint density at radius 1 is 1.09 bits per heavy atom. The Morgan fingerprint density at radius 3 is 2.68 bits per heavy atom. The number of aryl methyl sites for hydroxylation is 2. The molecule has 2 aromatic heterocycles. The molecule has 2 aromatic carbocycles. The van der Waals surface area contributed by atoms with Crippen molar-refractivity contribution in [3.05, 3.63) is 59.7 Å². The average molecular weight is 459 g/mol.